The minimum atomic E-state index is -0.182. The average Bonchev–Trinajstić information content (AvgIpc) is 2.98. The molecule has 2 aliphatic heterocycles. The van der Waals surface area contributed by atoms with Crippen molar-refractivity contribution in [1.82, 2.24) is 0 Å². The molecule has 2 aromatic rings. The summed E-state index contributed by atoms with van der Waals surface area (Å²) in [7, 11) is 0. The maximum atomic E-state index is 11.9. The number of aliphatic imine (C=N–C) groups is 1. The second-order valence-electron chi connectivity index (χ2n) is 5.51. The highest BCUT2D eigenvalue weighted by atomic mass is 35.5. The predicted octanol–water partition coefficient (Wildman–Crippen LogP) is 4.18. The van der Waals surface area contributed by atoms with Crippen LogP contribution >= 0.6 is 23.2 Å². The van der Waals surface area contributed by atoms with E-state index in [-0.39, 0.29) is 19.2 Å². The molecule has 0 aliphatic carbocycles. The van der Waals surface area contributed by atoms with Crippen LogP contribution in [0.2, 0.25) is 10.0 Å². The number of benzene rings is 2. The number of amides is 1. The van der Waals surface area contributed by atoms with Crippen molar-refractivity contribution >= 4 is 46.6 Å². The van der Waals surface area contributed by atoms with Gasteiger partial charge in [0.25, 0.3) is 0 Å². The first-order valence-corrected chi connectivity index (χ1v) is 8.27. The van der Waals surface area contributed by atoms with Gasteiger partial charge in [-0.2, -0.15) is 0 Å². The minimum Gasteiger partial charge on any atom is -0.454 e. The first-order chi connectivity index (χ1) is 12.1. The Kier molecular flexibility index (Phi) is 4.11. The molecular weight excluding hydrogens is 363 g/mol. The number of nitrogens with zero attached hydrogens (tertiary/aromatic N) is 1. The summed E-state index contributed by atoms with van der Waals surface area (Å²) in [6.07, 6.45) is 3.70. The quantitative estimate of drug-likeness (QED) is 0.857. The molecule has 2 aromatic carbocycles. The molecule has 2 heterocycles. The van der Waals surface area contributed by atoms with Crippen molar-refractivity contribution in [1.29, 1.82) is 0 Å². The van der Waals surface area contributed by atoms with E-state index >= 15 is 0 Å². The summed E-state index contributed by atoms with van der Waals surface area (Å²) in [5.41, 5.74) is 2.95. The lowest BCUT2D eigenvalue weighted by Crippen LogP contribution is -2.13. The van der Waals surface area contributed by atoms with Crippen LogP contribution in [0.25, 0.3) is 6.08 Å². The molecule has 4 rings (SSSR count). The second-order valence-corrected chi connectivity index (χ2v) is 6.32. The topological polar surface area (TPSA) is 59.9 Å². The summed E-state index contributed by atoms with van der Waals surface area (Å²) in [5.74, 6) is 1.05. The number of anilines is 1. The Labute approximate surface area is 153 Å². The summed E-state index contributed by atoms with van der Waals surface area (Å²) in [6, 6.07) is 8.92. The van der Waals surface area contributed by atoms with Crippen molar-refractivity contribution in [2.45, 2.75) is 0 Å². The molecule has 7 heteroatoms. The van der Waals surface area contributed by atoms with Gasteiger partial charge < -0.3 is 14.8 Å². The van der Waals surface area contributed by atoms with Crippen molar-refractivity contribution in [3.8, 4) is 11.5 Å². The maximum absolute atomic E-state index is 11.9. The van der Waals surface area contributed by atoms with E-state index in [0.29, 0.717) is 32.9 Å². The maximum Gasteiger partial charge on any atom is 0.246 e. The van der Waals surface area contributed by atoms with Crippen LogP contribution in [0.3, 0.4) is 0 Å². The molecule has 0 unspecified atom stereocenters. The third-order valence-corrected chi connectivity index (χ3v) is 4.57. The van der Waals surface area contributed by atoms with Crippen molar-refractivity contribution in [3.05, 3.63) is 57.6 Å². The molecule has 2 aliphatic rings. The molecule has 0 spiro atoms. The normalized spacial score (nSPS) is 15.6. The molecule has 0 radical (unpaired) electrons. The van der Waals surface area contributed by atoms with E-state index in [1.54, 1.807) is 18.2 Å². The van der Waals surface area contributed by atoms with Crippen LogP contribution in [0, 0.1) is 0 Å². The molecule has 25 heavy (non-hydrogen) atoms. The van der Waals surface area contributed by atoms with Gasteiger partial charge in [-0.3, -0.25) is 9.79 Å². The van der Waals surface area contributed by atoms with E-state index < -0.39 is 0 Å². The molecule has 0 atom stereocenters. The Morgan fingerprint density at radius 1 is 1.04 bits per heavy atom. The third kappa shape index (κ3) is 3.21. The van der Waals surface area contributed by atoms with Gasteiger partial charge in [0.15, 0.2) is 11.5 Å². The van der Waals surface area contributed by atoms with Gasteiger partial charge in [0, 0.05) is 11.6 Å². The van der Waals surface area contributed by atoms with Crippen LogP contribution < -0.4 is 14.8 Å². The number of halogens is 2. The van der Waals surface area contributed by atoms with Crippen LogP contribution in [0.15, 0.2) is 41.4 Å². The van der Waals surface area contributed by atoms with E-state index in [0.717, 1.165) is 11.1 Å². The van der Waals surface area contributed by atoms with Crippen LogP contribution in [0.5, 0.6) is 11.5 Å². The largest absolute Gasteiger partial charge is 0.454 e. The van der Waals surface area contributed by atoms with Gasteiger partial charge in [0.05, 0.1) is 21.4 Å². The summed E-state index contributed by atoms with van der Waals surface area (Å²) < 4.78 is 10.8. The van der Waals surface area contributed by atoms with Gasteiger partial charge in [0.2, 0.25) is 12.7 Å². The number of carbonyl (C=O) groups is 1. The molecule has 0 saturated heterocycles. The van der Waals surface area contributed by atoms with Gasteiger partial charge in [-0.1, -0.05) is 35.3 Å². The van der Waals surface area contributed by atoms with E-state index in [1.165, 1.54) is 0 Å². The third-order valence-electron chi connectivity index (χ3n) is 3.83. The first-order valence-electron chi connectivity index (χ1n) is 7.51. The monoisotopic (exact) mass is 374 g/mol. The standard InChI is InChI=1S/C18H12Cl2N2O3/c19-12-3-1-10(5-13(12)20)2-4-14-11-6-16-17(25-9-24-16)7-15(11)22-18(23)8-21-14/h1-7H,8-9H2,(H,22,23). The smallest absolute Gasteiger partial charge is 0.246 e. The lowest BCUT2D eigenvalue weighted by atomic mass is 10.0. The zero-order valence-electron chi connectivity index (χ0n) is 12.9. The number of allylic oxidation sites excluding steroid dienone is 1. The van der Waals surface area contributed by atoms with Crippen molar-refractivity contribution in [2.24, 2.45) is 4.99 Å². The van der Waals surface area contributed by atoms with E-state index in [1.807, 2.05) is 24.3 Å². The van der Waals surface area contributed by atoms with Crippen LogP contribution in [-0.4, -0.2) is 25.0 Å². The van der Waals surface area contributed by atoms with Gasteiger partial charge in [-0.15, -0.1) is 0 Å². The molecule has 1 N–H and O–H groups in total. The molecule has 0 saturated carbocycles. The molecular formula is C18H12Cl2N2O3. The highest BCUT2D eigenvalue weighted by Crippen LogP contribution is 2.38. The van der Waals surface area contributed by atoms with Gasteiger partial charge >= 0.3 is 0 Å². The number of fused-ring (bicyclic) bond motifs is 2. The Bertz CT molecular complexity index is 938. The number of carbonyl (C=O) groups excluding carboxylic acids is 1. The van der Waals surface area contributed by atoms with Crippen LogP contribution in [-0.2, 0) is 4.79 Å². The minimum absolute atomic E-state index is 0.0438. The zero-order chi connectivity index (χ0) is 17.4. The van der Waals surface area contributed by atoms with Gasteiger partial charge in [-0.25, -0.2) is 0 Å². The fourth-order valence-electron chi connectivity index (χ4n) is 2.62. The average molecular weight is 375 g/mol. The number of nitrogens with one attached hydrogen (secondary N) is 1. The van der Waals surface area contributed by atoms with Crippen LogP contribution in [0.4, 0.5) is 5.69 Å². The summed E-state index contributed by atoms with van der Waals surface area (Å²) >= 11 is 12.0. The number of hydrogen-bond acceptors (Lipinski definition) is 4. The fourth-order valence-corrected chi connectivity index (χ4v) is 2.93. The van der Waals surface area contributed by atoms with E-state index in [2.05, 4.69) is 10.3 Å². The zero-order valence-corrected chi connectivity index (χ0v) is 14.4. The van der Waals surface area contributed by atoms with E-state index in [4.69, 9.17) is 32.7 Å². The summed E-state index contributed by atoms with van der Waals surface area (Å²) in [5, 5.41) is 3.81. The molecule has 0 fully saturated rings. The number of ether oxygens (including phenoxy) is 2. The van der Waals surface area contributed by atoms with Crippen LogP contribution in [0.1, 0.15) is 11.1 Å². The Balaban J connectivity index is 1.73. The first kappa shape index (κ1) is 16.0. The Morgan fingerprint density at radius 2 is 1.84 bits per heavy atom. The Morgan fingerprint density at radius 3 is 2.64 bits per heavy atom. The second kappa shape index (κ2) is 6.43. The predicted molar refractivity (Wildman–Crippen MR) is 98.1 cm³/mol. The fraction of sp³-hybridized carbons (Fsp3) is 0.111. The summed E-state index contributed by atoms with van der Waals surface area (Å²) in [4.78, 5) is 16.3. The SMILES string of the molecule is O=C1CN=C(C=Cc2ccc(Cl)c(Cl)c2)c2cc3c(cc2N1)OCO3. The highest BCUT2D eigenvalue weighted by Gasteiger charge is 2.22. The summed E-state index contributed by atoms with van der Waals surface area (Å²) in [6.45, 7) is 0.208. The lowest BCUT2D eigenvalue weighted by Gasteiger charge is -2.09. The number of hydrogen-bond donors (Lipinski definition) is 1. The van der Waals surface area contributed by atoms with E-state index in [9.17, 15) is 4.79 Å². The molecule has 0 aromatic heterocycles. The molecule has 1 amide bonds. The van der Waals surface area contributed by atoms with Crippen molar-refractivity contribution in [2.75, 3.05) is 18.7 Å². The van der Waals surface area contributed by atoms with Crippen molar-refractivity contribution in [3.63, 3.8) is 0 Å². The van der Waals surface area contributed by atoms with Gasteiger partial charge in [-0.05, 0) is 29.8 Å². The van der Waals surface area contributed by atoms with Crippen molar-refractivity contribution < 1.29 is 14.3 Å². The van der Waals surface area contributed by atoms with Gasteiger partial charge in [0.1, 0.15) is 6.54 Å². The molecule has 0 bridgehead atoms. The number of rotatable bonds is 2. The highest BCUT2D eigenvalue weighted by molar-refractivity contribution is 6.42. The lowest BCUT2D eigenvalue weighted by molar-refractivity contribution is -0.114. The molecule has 5 nitrogen and oxygen atoms in total. The molecule has 126 valence electrons. The Hall–Kier alpha value is -2.50.